The highest BCUT2D eigenvalue weighted by molar-refractivity contribution is 5.89. The third kappa shape index (κ3) is 3.86. The van der Waals surface area contributed by atoms with E-state index in [0.29, 0.717) is 44.7 Å². The molecule has 0 amide bonds. The molecule has 3 aromatic carbocycles. The molecule has 0 saturated heterocycles. The predicted octanol–water partition coefficient (Wildman–Crippen LogP) is 4.62. The van der Waals surface area contributed by atoms with Crippen molar-refractivity contribution in [3.8, 4) is 23.1 Å². The van der Waals surface area contributed by atoms with Gasteiger partial charge in [-0.2, -0.15) is 9.78 Å². The Morgan fingerprint density at radius 3 is 2.57 bits per heavy atom. The molecule has 10 heteroatoms. The van der Waals surface area contributed by atoms with Crippen LogP contribution in [0.4, 0.5) is 5.69 Å². The van der Waals surface area contributed by atoms with Crippen molar-refractivity contribution in [3.05, 3.63) is 92.8 Å². The zero-order valence-electron chi connectivity index (χ0n) is 18.7. The van der Waals surface area contributed by atoms with Crippen LogP contribution in [0.5, 0.6) is 11.5 Å². The van der Waals surface area contributed by atoms with Gasteiger partial charge in [0.1, 0.15) is 17.1 Å². The van der Waals surface area contributed by atoms with E-state index in [1.54, 1.807) is 55.6 Å². The second-order valence-electron chi connectivity index (χ2n) is 7.48. The lowest BCUT2D eigenvalue weighted by molar-refractivity contribution is -0.384. The van der Waals surface area contributed by atoms with Gasteiger partial charge >= 0.3 is 0 Å². The van der Waals surface area contributed by atoms with Gasteiger partial charge in [0.15, 0.2) is 5.76 Å². The minimum atomic E-state index is -0.520. The number of methoxy groups -OCH3 is 2. The number of ether oxygens (including phenoxy) is 2. The largest absolute Gasteiger partial charge is 0.496 e. The monoisotopic (exact) mass is 470 g/mol. The Morgan fingerprint density at radius 1 is 1.00 bits per heavy atom. The van der Waals surface area contributed by atoms with Gasteiger partial charge in [-0.1, -0.05) is 18.2 Å². The van der Waals surface area contributed by atoms with E-state index in [-0.39, 0.29) is 11.5 Å². The van der Waals surface area contributed by atoms with Crippen LogP contribution in [-0.4, -0.2) is 35.0 Å². The van der Waals surface area contributed by atoms with Gasteiger partial charge < -0.3 is 13.9 Å². The Kier molecular flexibility index (Phi) is 5.46. The van der Waals surface area contributed by atoms with E-state index in [0.717, 1.165) is 4.68 Å². The van der Waals surface area contributed by atoms with Gasteiger partial charge in [0.25, 0.3) is 11.2 Å². The van der Waals surface area contributed by atoms with Crippen molar-refractivity contribution in [2.75, 3.05) is 14.2 Å². The van der Waals surface area contributed by atoms with Crippen LogP contribution in [0.15, 0.2) is 81.0 Å². The zero-order valence-corrected chi connectivity index (χ0v) is 18.7. The number of aromatic nitrogens is 2. The second-order valence-corrected chi connectivity index (χ2v) is 7.48. The van der Waals surface area contributed by atoms with Gasteiger partial charge in [-0.3, -0.25) is 14.9 Å². The highest BCUT2D eigenvalue weighted by Gasteiger charge is 2.18. The molecule has 2 heterocycles. The lowest BCUT2D eigenvalue weighted by Crippen LogP contribution is -2.20. The molecule has 0 fully saturated rings. The first kappa shape index (κ1) is 21.8. The van der Waals surface area contributed by atoms with Crippen LogP contribution >= 0.6 is 0 Å². The van der Waals surface area contributed by atoms with Gasteiger partial charge in [-0.15, -0.1) is 0 Å². The summed E-state index contributed by atoms with van der Waals surface area (Å²) in [6.07, 6.45) is 1.32. The summed E-state index contributed by atoms with van der Waals surface area (Å²) in [6, 6.07) is 18.1. The fourth-order valence-electron chi connectivity index (χ4n) is 3.77. The number of nitro groups is 1. The Morgan fingerprint density at radius 2 is 1.80 bits per heavy atom. The Hall–Kier alpha value is -4.99. The van der Waals surface area contributed by atoms with Gasteiger partial charge in [0.2, 0.25) is 5.82 Å². The molecule has 0 aliphatic carbocycles. The number of non-ortho nitro benzene ring substituents is 1. The molecule has 5 aromatic rings. The molecule has 0 aliphatic rings. The maximum Gasteiger partial charge on any atom is 0.282 e. The van der Waals surface area contributed by atoms with Crippen molar-refractivity contribution >= 4 is 33.8 Å². The number of hydrogen-bond acceptors (Lipinski definition) is 8. The van der Waals surface area contributed by atoms with Crippen LogP contribution in [0, 0.1) is 10.1 Å². The number of para-hydroxylation sites is 1. The van der Waals surface area contributed by atoms with Gasteiger partial charge in [-0.05, 0) is 36.4 Å². The molecule has 0 spiro atoms. The van der Waals surface area contributed by atoms with E-state index in [1.165, 1.54) is 31.5 Å². The zero-order chi connectivity index (χ0) is 24.5. The van der Waals surface area contributed by atoms with E-state index in [1.807, 2.05) is 0 Å². The SMILES string of the molecule is COc1ccc([N+](=O)[O-])cc1C=Nn1c(-c2cc3c(OC)cccc3o2)nc2ccccc2c1=O. The maximum atomic E-state index is 13.4. The predicted molar refractivity (Wildman–Crippen MR) is 130 cm³/mol. The highest BCUT2D eigenvalue weighted by Crippen LogP contribution is 2.33. The lowest BCUT2D eigenvalue weighted by Gasteiger charge is -2.08. The van der Waals surface area contributed by atoms with Crippen LogP contribution < -0.4 is 15.0 Å². The summed E-state index contributed by atoms with van der Waals surface area (Å²) < 4.78 is 17.8. The summed E-state index contributed by atoms with van der Waals surface area (Å²) in [5.41, 5.74) is 0.774. The van der Waals surface area contributed by atoms with Crippen molar-refractivity contribution in [2.24, 2.45) is 5.10 Å². The molecule has 174 valence electrons. The minimum absolute atomic E-state index is 0.138. The smallest absolute Gasteiger partial charge is 0.282 e. The fraction of sp³-hybridized carbons (Fsp3) is 0.0800. The second kappa shape index (κ2) is 8.75. The van der Waals surface area contributed by atoms with Crippen LogP contribution in [-0.2, 0) is 0 Å². The molecule has 0 bridgehead atoms. The van der Waals surface area contributed by atoms with Gasteiger partial charge in [0.05, 0.1) is 41.6 Å². The number of nitrogens with zero attached hydrogens (tertiary/aromatic N) is 4. The molecule has 0 N–H and O–H groups in total. The van der Waals surface area contributed by atoms with Crippen LogP contribution in [0.1, 0.15) is 5.56 Å². The number of rotatable bonds is 6. The molecule has 35 heavy (non-hydrogen) atoms. The fourth-order valence-corrected chi connectivity index (χ4v) is 3.77. The summed E-state index contributed by atoms with van der Waals surface area (Å²) in [5.74, 6) is 1.43. The standard InChI is InChI=1S/C25H18N4O6/c1-33-20-11-10-16(29(31)32)12-15(20)14-26-28-24(27-19-7-4-3-6-17(19)25(28)30)23-13-18-21(34-2)8-5-9-22(18)35-23/h3-14H,1-2H3. The molecule has 0 atom stereocenters. The first-order valence-electron chi connectivity index (χ1n) is 10.5. The molecular formula is C25H18N4O6. The van der Waals surface area contributed by atoms with E-state index < -0.39 is 10.5 Å². The topological polar surface area (TPSA) is 122 Å². The number of benzene rings is 3. The Labute approximate surface area is 197 Å². The van der Waals surface area contributed by atoms with E-state index in [4.69, 9.17) is 13.9 Å². The minimum Gasteiger partial charge on any atom is -0.496 e. The van der Waals surface area contributed by atoms with Crippen molar-refractivity contribution in [1.29, 1.82) is 0 Å². The molecule has 10 nitrogen and oxygen atoms in total. The van der Waals surface area contributed by atoms with Crippen molar-refractivity contribution in [3.63, 3.8) is 0 Å². The number of hydrogen-bond donors (Lipinski definition) is 0. The molecule has 0 aliphatic heterocycles. The van der Waals surface area contributed by atoms with Crippen molar-refractivity contribution in [2.45, 2.75) is 0 Å². The third-order valence-corrected chi connectivity index (χ3v) is 5.45. The van der Waals surface area contributed by atoms with Crippen LogP contribution in [0.2, 0.25) is 0 Å². The van der Waals surface area contributed by atoms with E-state index >= 15 is 0 Å². The third-order valence-electron chi connectivity index (χ3n) is 5.45. The van der Waals surface area contributed by atoms with E-state index in [9.17, 15) is 14.9 Å². The van der Waals surface area contributed by atoms with E-state index in [2.05, 4.69) is 10.1 Å². The molecule has 5 rings (SSSR count). The first-order valence-corrected chi connectivity index (χ1v) is 10.5. The summed E-state index contributed by atoms with van der Waals surface area (Å²) in [5, 5.41) is 16.6. The molecule has 0 unspecified atom stereocenters. The van der Waals surface area contributed by atoms with Gasteiger partial charge in [0, 0.05) is 17.7 Å². The Balaban J connectivity index is 1.74. The highest BCUT2D eigenvalue weighted by atomic mass is 16.6. The Bertz CT molecular complexity index is 1690. The normalized spacial score (nSPS) is 11.4. The lowest BCUT2D eigenvalue weighted by atomic mass is 10.2. The number of fused-ring (bicyclic) bond motifs is 2. The van der Waals surface area contributed by atoms with Crippen LogP contribution in [0.25, 0.3) is 33.5 Å². The molecule has 0 radical (unpaired) electrons. The number of nitro benzene ring substituents is 1. The number of furan rings is 1. The molecule has 2 aromatic heterocycles. The average molecular weight is 470 g/mol. The molecular weight excluding hydrogens is 452 g/mol. The average Bonchev–Trinajstić information content (AvgIpc) is 3.32. The summed E-state index contributed by atoms with van der Waals surface area (Å²) in [4.78, 5) is 28.8. The summed E-state index contributed by atoms with van der Waals surface area (Å²) in [7, 11) is 3.00. The summed E-state index contributed by atoms with van der Waals surface area (Å²) in [6.45, 7) is 0. The summed E-state index contributed by atoms with van der Waals surface area (Å²) >= 11 is 0. The molecule has 0 saturated carbocycles. The van der Waals surface area contributed by atoms with Crippen molar-refractivity contribution in [1.82, 2.24) is 9.66 Å². The quantitative estimate of drug-likeness (QED) is 0.202. The van der Waals surface area contributed by atoms with Gasteiger partial charge in [-0.25, -0.2) is 4.98 Å². The van der Waals surface area contributed by atoms with Crippen LogP contribution in [0.3, 0.4) is 0 Å². The first-order chi connectivity index (χ1) is 17.0. The van der Waals surface area contributed by atoms with Crippen molar-refractivity contribution < 1.29 is 18.8 Å². The maximum absolute atomic E-state index is 13.4.